The van der Waals surface area contributed by atoms with Crippen molar-refractivity contribution in [1.29, 1.82) is 0 Å². The third-order valence-corrected chi connectivity index (χ3v) is 4.20. The van der Waals surface area contributed by atoms with E-state index in [4.69, 9.17) is 4.74 Å². The summed E-state index contributed by atoms with van der Waals surface area (Å²) in [4.78, 5) is 4.47. The van der Waals surface area contributed by atoms with Crippen LogP contribution in [0.4, 0.5) is 18.9 Å². The Morgan fingerprint density at radius 3 is 2.68 bits per heavy atom. The van der Waals surface area contributed by atoms with Crippen LogP contribution >= 0.6 is 11.8 Å². The van der Waals surface area contributed by atoms with Gasteiger partial charge in [-0.05, 0) is 48.9 Å². The molecule has 0 spiro atoms. The minimum Gasteiger partial charge on any atom is -0.381 e. The fraction of sp³-hybridized carbons (Fsp3) is 0.400. The number of hydrogen-bond donors (Lipinski definition) is 1. The molecule has 0 bridgehead atoms. The van der Waals surface area contributed by atoms with Crippen LogP contribution in [0.25, 0.3) is 10.9 Å². The summed E-state index contributed by atoms with van der Waals surface area (Å²) in [7, 11) is 0. The number of alkyl halides is 3. The fourth-order valence-corrected chi connectivity index (χ4v) is 3.05. The number of pyridine rings is 1. The molecule has 0 aliphatic carbocycles. The van der Waals surface area contributed by atoms with E-state index in [2.05, 4.69) is 10.3 Å². The van der Waals surface area contributed by atoms with E-state index < -0.39 is 5.51 Å². The normalized spacial score (nSPS) is 16.9. The Bertz CT molecular complexity index is 657. The quantitative estimate of drug-likeness (QED) is 0.845. The second kappa shape index (κ2) is 6.34. The van der Waals surface area contributed by atoms with Crippen molar-refractivity contribution in [2.45, 2.75) is 29.3 Å². The summed E-state index contributed by atoms with van der Waals surface area (Å²) in [5.74, 6) is 0. The van der Waals surface area contributed by atoms with Crippen LogP contribution in [0.15, 0.2) is 35.4 Å². The highest BCUT2D eigenvalue weighted by atomic mass is 32.2. The monoisotopic (exact) mass is 328 g/mol. The predicted molar refractivity (Wildman–Crippen MR) is 81.1 cm³/mol. The van der Waals surface area contributed by atoms with Gasteiger partial charge in [-0.15, -0.1) is 0 Å². The van der Waals surface area contributed by atoms with Gasteiger partial charge in [0.05, 0.1) is 17.4 Å². The molecule has 2 heterocycles. The Balaban J connectivity index is 1.80. The van der Waals surface area contributed by atoms with Crippen molar-refractivity contribution in [2.24, 2.45) is 0 Å². The van der Waals surface area contributed by atoms with Gasteiger partial charge in [-0.3, -0.25) is 4.98 Å². The zero-order valence-electron chi connectivity index (χ0n) is 11.7. The minimum absolute atomic E-state index is 0.108. The molecular formula is C15H15F3N2OS. The third kappa shape index (κ3) is 4.04. The number of hydrogen-bond acceptors (Lipinski definition) is 4. The predicted octanol–water partition coefficient (Wildman–Crippen LogP) is 4.44. The summed E-state index contributed by atoms with van der Waals surface area (Å²) in [6.45, 7) is 1.45. The molecule has 0 radical (unpaired) electrons. The van der Waals surface area contributed by atoms with Crippen molar-refractivity contribution >= 4 is 28.4 Å². The maximum absolute atomic E-state index is 12.5. The van der Waals surface area contributed by atoms with Crippen LogP contribution in [-0.2, 0) is 4.74 Å². The van der Waals surface area contributed by atoms with E-state index in [1.165, 1.54) is 12.1 Å². The molecule has 0 saturated carbocycles. The molecular weight excluding hydrogens is 313 g/mol. The molecule has 3 nitrogen and oxygen atoms in total. The first-order valence-electron chi connectivity index (χ1n) is 6.99. The molecule has 22 heavy (non-hydrogen) atoms. The van der Waals surface area contributed by atoms with Gasteiger partial charge in [-0.1, -0.05) is 0 Å². The topological polar surface area (TPSA) is 34.2 Å². The van der Waals surface area contributed by atoms with Crippen molar-refractivity contribution in [3.05, 3.63) is 30.5 Å². The molecule has 1 aromatic carbocycles. The maximum atomic E-state index is 12.5. The fourth-order valence-electron chi connectivity index (χ4n) is 2.46. The van der Waals surface area contributed by atoms with Crippen molar-refractivity contribution in [3.63, 3.8) is 0 Å². The van der Waals surface area contributed by atoms with Gasteiger partial charge in [0.2, 0.25) is 0 Å². The van der Waals surface area contributed by atoms with Crippen molar-refractivity contribution < 1.29 is 17.9 Å². The van der Waals surface area contributed by atoms with Crippen LogP contribution < -0.4 is 5.32 Å². The second-order valence-corrected chi connectivity index (χ2v) is 6.30. The SMILES string of the molecule is FC(F)(F)Sc1ccc2ncc(NC3CCOCC3)cc2c1. The van der Waals surface area contributed by atoms with Gasteiger partial charge in [0.15, 0.2) is 0 Å². The molecule has 118 valence electrons. The standard InChI is InChI=1S/C15H15F3N2OS/c16-15(17,18)22-13-1-2-14-10(8-13)7-12(9-19-14)20-11-3-5-21-6-4-11/h1-2,7-9,11,20H,3-6H2. The van der Waals surface area contributed by atoms with E-state index in [0.717, 1.165) is 31.7 Å². The third-order valence-electron chi connectivity index (χ3n) is 3.48. The van der Waals surface area contributed by atoms with Gasteiger partial charge in [0.25, 0.3) is 0 Å². The number of benzene rings is 1. The van der Waals surface area contributed by atoms with Gasteiger partial charge in [-0.2, -0.15) is 13.2 Å². The number of thioether (sulfide) groups is 1. The van der Waals surface area contributed by atoms with Crippen LogP contribution in [-0.4, -0.2) is 29.7 Å². The van der Waals surface area contributed by atoms with Crippen LogP contribution in [0.3, 0.4) is 0 Å². The molecule has 1 fully saturated rings. The first kappa shape index (κ1) is 15.4. The molecule has 0 unspecified atom stereocenters. The lowest BCUT2D eigenvalue weighted by molar-refractivity contribution is -0.0328. The summed E-state index contributed by atoms with van der Waals surface area (Å²) < 4.78 is 42.7. The average molecular weight is 328 g/mol. The highest BCUT2D eigenvalue weighted by Gasteiger charge is 2.29. The van der Waals surface area contributed by atoms with Gasteiger partial charge < -0.3 is 10.1 Å². The number of nitrogens with zero attached hydrogens (tertiary/aromatic N) is 1. The zero-order chi connectivity index (χ0) is 15.6. The van der Waals surface area contributed by atoms with Crippen molar-refractivity contribution in [1.82, 2.24) is 4.98 Å². The van der Waals surface area contributed by atoms with Crippen LogP contribution in [0.5, 0.6) is 0 Å². The first-order chi connectivity index (χ1) is 10.5. The smallest absolute Gasteiger partial charge is 0.381 e. The Hall–Kier alpha value is -1.47. The van der Waals surface area contributed by atoms with Gasteiger partial charge in [0, 0.05) is 29.5 Å². The molecule has 1 saturated heterocycles. The summed E-state index contributed by atoms with van der Waals surface area (Å²) in [6.07, 6.45) is 3.55. The van der Waals surface area contributed by atoms with E-state index in [0.29, 0.717) is 16.9 Å². The molecule has 1 aliphatic rings. The van der Waals surface area contributed by atoms with Crippen LogP contribution in [0.2, 0.25) is 0 Å². The van der Waals surface area contributed by atoms with Gasteiger partial charge in [0.1, 0.15) is 0 Å². The van der Waals surface area contributed by atoms with E-state index in [1.54, 1.807) is 12.3 Å². The number of fused-ring (bicyclic) bond motifs is 1. The minimum atomic E-state index is -4.28. The highest BCUT2D eigenvalue weighted by Crippen LogP contribution is 2.37. The molecule has 1 aliphatic heterocycles. The zero-order valence-corrected chi connectivity index (χ0v) is 12.5. The molecule has 7 heteroatoms. The Morgan fingerprint density at radius 1 is 1.18 bits per heavy atom. The summed E-state index contributed by atoms with van der Waals surface area (Å²) in [5, 5.41) is 4.07. The number of anilines is 1. The van der Waals surface area contributed by atoms with Crippen LogP contribution in [0.1, 0.15) is 12.8 Å². The van der Waals surface area contributed by atoms with Crippen molar-refractivity contribution in [2.75, 3.05) is 18.5 Å². The first-order valence-corrected chi connectivity index (χ1v) is 7.81. The Morgan fingerprint density at radius 2 is 1.95 bits per heavy atom. The summed E-state index contributed by atoms with van der Waals surface area (Å²) in [5.41, 5.74) is -2.77. The van der Waals surface area contributed by atoms with Gasteiger partial charge in [-0.25, -0.2) is 0 Å². The number of ether oxygens (including phenoxy) is 1. The molecule has 0 amide bonds. The van der Waals surface area contributed by atoms with Crippen molar-refractivity contribution in [3.8, 4) is 0 Å². The lowest BCUT2D eigenvalue weighted by Crippen LogP contribution is -2.27. The van der Waals surface area contributed by atoms with E-state index >= 15 is 0 Å². The van der Waals surface area contributed by atoms with E-state index in [-0.39, 0.29) is 16.7 Å². The molecule has 0 atom stereocenters. The highest BCUT2D eigenvalue weighted by molar-refractivity contribution is 8.00. The Kier molecular flexibility index (Phi) is 4.44. The summed E-state index contributed by atoms with van der Waals surface area (Å²) >= 11 is -0.108. The molecule has 1 N–H and O–H groups in total. The lowest BCUT2D eigenvalue weighted by atomic mass is 10.1. The molecule has 3 rings (SSSR count). The number of aromatic nitrogens is 1. The van der Waals surface area contributed by atoms with Crippen LogP contribution in [0, 0.1) is 0 Å². The lowest BCUT2D eigenvalue weighted by Gasteiger charge is -2.24. The molecule has 2 aromatic rings. The van der Waals surface area contributed by atoms with E-state index in [1.807, 2.05) is 6.07 Å². The molecule has 1 aromatic heterocycles. The number of halogens is 3. The average Bonchev–Trinajstić information content (AvgIpc) is 2.46. The number of nitrogens with one attached hydrogen (secondary N) is 1. The second-order valence-electron chi connectivity index (χ2n) is 5.16. The van der Waals surface area contributed by atoms with Gasteiger partial charge >= 0.3 is 5.51 Å². The Labute approximate surface area is 130 Å². The summed E-state index contributed by atoms with van der Waals surface area (Å²) in [6, 6.07) is 6.75. The largest absolute Gasteiger partial charge is 0.446 e. The maximum Gasteiger partial charge on any atom is 0.446 e. The number of rotatable bonds is 3. The van der Waals surface area contributed by atoms with E-state index in [9.17, 15) is 13.2 Å².